The highest BCUT2D eigenvalue weighted by Crippen LogP contribution is 2.39. The molecule has 162 valence electrons. The Bertz CT molecular complexity index is 1110. The molecule has 0 saturated carbocycles. The van der Waals surface area contributed by atoms with Crippen molar-refractivity contribution >= 4 is 80.1 Å². The van der Waals surface area contributed by atoms with Crippen LogP contribution in [0, 0.1) is 10.5 Å². The van der Waals surface area contributed by atoms with Gasteiger partial charge >= 0.3 is 17.2 Å². The first kappa shape index (κ1) is 24.4. The first-order valence-corrected chi connectivity index (χ1v) is 12.5. The highest BCUT2D eigenvalue weighted by molar-refractivity contribution is 14.1. The molecule has 5 nitrogen and oxygen atoms in total. The second kappa shape index (κ2) is 8.28. The van der Waals surface area contributed by atoms with Crippen molar-refractivity contribution in [3.8, 4) is 5.75 Å². The van der Waals surface area contributed by atoms with Crippen molar-refractivity contribution in [2.24, 2.45) is 0 Å². The summed E-state index contributed by atoms with van der Waals surface area (Å²) >= 11 is 20.0. The topological polar surface area (TPSA) is 61.8 Å². The van der Waals surface area contributed by atoms with Gasteiger partial charge in [-0.25, -0.2) is 0 Å². The standard InChI is InChI=1S/C19H19BCl3IO5S/c1-10-6-11(20-28-18(2,3)19(4,5)29-20)17(15(24)7-10)27-30(25,26)16-9-13(22)12(21)8-14(16)23/h6-9H,1-5H3. The van der Waals surface area contributed by atoms with E-state index >= 15 is 0 Å². The molecule has 2 aromatic rings. The van der Waals surface area contributed by atoms with Crippen LogP contribution in [0.15, 0.2) is 29.2 Å². The smallest absolute Gasteiger partial charge is 0.399 e. The van der Waals surface area contributed by atoms with Gasteiger partial charge in [0.1, 0.15) is 4.90 Å². The normalized spacial score (nSPS) is 18.0. The summed E-state index contributed by atoms with van der Waals surface area (Å²) < 4.78 is 44.5. The van der Waals surface area contributed by atoms with Gasteiger partial charge in [0.2, 0.25) is 0 Å². The summed E-state index contributed by atoms with van der Waals surface area (Å²) in [5, 5.41) is 0.0974. The Hall–Kier alpha value is -0.225. The summed E-state index contributed by atoms with van der Waals surface area (Å²) in [5.74, 6) is 0.113. The molecule has 0 atom stereocenters. The molecule has 0 aromatic heterocycles. The fourth-order valence-corrected chi connectivity index (χ4v) is 5.85. The lowest BCUT2D eigenvalue weighted by Gasteiger charge is -2.32. The molecule has 0 spiro atoms. The van der Waals surface area contributed by atoms with Crippen molar-refractivity contribution in [1.82, 2.24) is 0 Å². The van der Waals surface area contributed by atoms with E-state index in [1.807, 2.05) is 57.2 Å². The first-order valence-electron chi connectivity index (χ1n) is 8.89. The summed E-state index contributed by atoms with van der Waals surface area (Å²) in [6.07, 6.45) is 0. The van der Waals surface area contributed by atoms with Crippen molar-refractivity contribution in [3.05, 3.63) is 48.5 Å². The van der Waals surface area contributed by atoms with E-state index in [-0.39, 0.29) is 25.7 Å². The summed E-state index contributed by atoms with van der Waals surface area (Å²) in [5.41, 5.74) is 0.172. The molecular formula is C19H19BCl3IO5S. The van der Waals surface area contributed by atoms with Crippen LogP contribution in [0.3, 0.4) is 0 Å². The molecular weight excluding hydrogens is 584 g/mol. The van der Waals surface area contributed by atoms with Crippen molar-refractivity contribution in [1.29, 1.82) is 0 Å². The van der Waals surface area contributed by atoms with Crippen LogP contribution < -0.4 is 9.65 Å². The minimum absolute atomic E-state index is 0.0491. The quantitative estimate of drug-likeness (QED) is 0.196. The van der Waals surface area contributed by atoms with Crippen molar-refractivity contribution in [2.45, 2.75) is 50.7 Å². The van der Waals surface area contributed by atoms with E-state index in [4.69, 9.17) is 48.3 Å². The van der Waals surface area contributed by atoms with E-state index < -0.39 is 28.4 Å². The van der Waals surface area contributed by atoms with Crippen LogP contribution in [0.5, 0.6) is 5.75 Å². The molecule has 30 heavy (non-hydrogen) atoms. The van der Waals surface area contributed by atoms with Crippen LogP contribution in [0.25, 0.3) is 0 Å². The van der Waals surface area contributed by atoms with Gasteiger partial charge in [-0.1, -0.05) is 46.4 Å². The lowest BCUT2D eigenvalue weighted by atomic mass is 9.77. The van der Waals surface area contributed by atoms with E-state index in [9.17, 15) is 8.42 Å². The fraction of sp³-hybridized carbons (Fsp3) is 0.368. The SMILES string of the molecule is Cc1cc(I)c(OS(=O)(=O)c2cc(Cl)c(Cl)cc2Cl)c(B2OC(C)(C)C(C)(C)O2)c1. The summed E-state index contributed by atoms with van der Waals surface area (Å²) in [7, 11) is -5.13. The van der Waals surface area contributed by atoms with Gasteiger partial charge in [0, 0.05) is 5.46 Å². The summed E-state index contributed by atoms with van der Waals surface area (Å²) in [6, 6.07) is 6.01. The Labute approximate surface area is 205 Å². The number of benzene rings is 2. The minimum Gasteiger partial charge on any atom is -0.399 e. The Kier molecular flexibility index (Phi) is 6.74. The lowest BCUT2D eigenvalue weighted by Crippen LogP contribution is -2.41. The van der Waals surface area contributed by atoms with Crippen LogP contribution in [0.1, 0.15) is 33.3 Å². The molecule has 11 heteroatoms. The maximum atomic E-state index is 13.1. The predicted octanol–water partition coefficient (Wildman–Crippen LogP) is 5.63. The van der Waals surface area contributed by atoms with E-state index in [0.29, 0.717) is 9.03 Å². The Morgan fingerprint density at radius 2 is 1.47 bits per heavy atom. The Morgan fingerprint density at radius 3 is 2.03 bits per heavy atom. The number of hydrogen-bond donors (Lipinski definition) is 0. The van der Waals surface area contributed by atoms with Gasteiger partial charge in [0.25, 0.3) is 0 Å². The molecule has 3 rings (SSSR count). The van der Waals surface area contributed by atoms with Gasteiger partial charge < -0.3 is 13.5 Å². The van der Waals surface area contributed by atoms with Crippen LogP contribution in [0.4, 0.5) is 0 Å². The Balaban J connectivity index is 2.09. The molecule has 0 amide bonds. The monoisotopic (exact) mass is 602 g/mol. The molecule has 0 N–H and O–H groups in total. The van der Waals surface area contributed by atoms with Crippen LogP contribution in [0.2, 0.25) is 15.1 Å². The van der Waals surface area contributed by atoms with Gasteiger partial charge in [0.05, 0.1) is 29.8 Å². The molecule has 1 saturated heterocycles. The van der Waals surface area contributed by atoms with Crippen molar-refractivity contribution in [3.63, 3.8) is 0 Å². The van der Waals surface area contributed by atoms with Crippen molar-refractivity contribution < 1.29 is 21.9 Å². The second-order valence-corrected chi connectivity index (χ2v) is 11.9. The zero-order valence-corrected chi connectivity index (χ0v) is 22.1. The maximum Gasteiger partial charge on any atom is 0.498 e. The molecule has 2 aromatic carbocycles. The van der Waals surface area contributed by atoms with E-state index in [2.05, 4.69) is 0 Å². The van der Waals surface area contributed by atoms with E-state index in [0.717, 1.165) is 11.6 Å². The van der Waals surface area contributed by atoms with Gasteiger partial charge in [0.15, 0.2) is 5.75 Å². The van der Waals surface area contributed by atoms with Crippen LogP contribution in [-0.2, 0) is 19.4 Å². The summed E-state index contributed by atoms with van der Waals surface area (Å²) in [4.78, 5) is -0.283. The third-order valence-corrected chi connectivity index (χ3v) is 8.37. The summed E-state index contributed by atoms with van der Waals surface area (Å²) in [6.45, 7) is 9.56. The lowest BCUT2D eigenvalue weighted by molar-refractivity contribution is 0.00578. The van der Waals surface area contributed by atoms with Gasteiger partial charge in [-0.2, -0.15) is 8.42 Å². The molecule has 1 aliphatic heterocycles. The highest BCUT2D eigenvalue weighted by Gasteiger charge is 2.53. The molecule has 0 aliphatic carbocycles. The molecule has 1 heterocycles. The highest BCUT2D eigenvalue weighted by atomic mass is 127. The van der Waals surface area contributed by atoms with Crippen LogP contribution in [-0.4, -0.2) is 26.7 Å². The predicted molar refractivity (Wildman–Crippen MR) is 129 cm³/mol. The molecule has 0 radical (unpaired) electrons. The largest absolute Gasteiger partial charge is 0.498 e. The minimum atomic E-state index is -4.32. The van der Waals surface area contributed by atoms with Gasteiger partial charge in [-0.3, -0.25) is 0 Å². The molecule has 1 aliphatic rings. The molecule has 0 bridgehead atoms. The number of halogens is 4. The number of aryl methyl sites for hydroxylation is 1. The average molecular weight is 603 g/mol. The zero-order valence-electron chi connectivity index (χ0n) is 16.8. The number of rotatable bonds is 4. The number of hydrogen-bond acceptors (Lipinski definition) is 5. The zero-order chi connectivity index (χ0) is 22.6. The Morgan fingerprint density at radius 1 is 0.933 bits per heavy atom. The first-order chi connectivity index (χ1) is 13.6. The third kappa shape index (κ3) is 4.60. The molecule has 0 unspecified atom stereocenters. The third-order valence-electron chi connectivity index (χ3n) is 5.16. The van der Waals surface area contributed by atoms with Crippen molar-refractivity contribution in [2.75, 3.05) is 0 Å². The molecule has 1 fully saturated rings. The van der Waals surface area contributed by atoms with Gasteiger partial charge in [-0.05, 0) is 75.4 Å². The van der Waals surface area contributed by atoms with E-state index in [1.165, 1.54) is 6.07 Å². The average Bonchev–Trinajstić information content (AvgIpc) is 2.80. The maximum absolute atomic E-state index is 13.1. The van der Waals surface area contributed by atoms with Crippen LogP contribution >= 0.6 is 57.4 Å². The van der Waals surface area contributed by atoms with E-state index in [1.54, 1.807) is 12.1 Å². The van der Waals surface area contributed by atoms with Gasteiger partial charge in [-0.15, -0.1) is 0 Å². The fourth-order valence-electron chi connectivity index (χ4n) is 2.84. The second-order valence-electron chi connectivity index (χ2n) is 7.99.